The van der Waals surface area contributed by atoms with Crippen LogP contribution in [0.15, 0.2) is 36.4 Å². The summed E-state index contributed by atoms with van der Waals surface area (Å²) >= 11 is 0. The molecule has 1 N–H and O–H groups in total. The topological polar surface area (TPSA) is 77.5 Å². The van der Waals surface area contributed by atoms with Crippen LogP contribution in [0.1, 0.15) is 36.4 Å². The normalized spacial score (nSPS) is 17.8. The number of carboxylic acids is 1. The summed E-state index contributed by atoms with van der Waals surface area (Å²) in [5.41, 5.74) is 1.74. The highest BCUT2D eigenvalue weighted by Crippen LogP contribution is 2.43. The Morgan fingerprint density at radius 1 is 0.967 bits per heavy atom. The molecule has 162 valence electrons. The number of hydrogen-bond donors (Lipinski definition) is 1. The van der Waals surface area contributed by atoms with Gasteiger partial charge in [-0.1, -0.05) is 24.6 Å². The van der Waals surface area contributed by atoms with Crippen LogP contribution in [0.5, 0.6) is 23.0 Å². The Labute approximate surface area is 177 Å². The van der Waals surface area contributed by atoms with Gasteiger partial charge in [0.2, 0.25) is 0 Å². The minimum Gasteiger partial charge on any atom is -0.493 e. The predicted molar refractivity (Wildman–Crippen MR) is 113 cm³/mol. The van der Waals surface area contributed by atoms with E-state index in [2.05, 4.69) is 0 Å². The highest BCUT2D eigenvalue weighted by Gasteiger charge is 2.37. The lowest BCUT2D eigenvalue weighted by Gasteiger charge is -2.40. The molecule has 1 saturated heterocycles. The van der Waals surface area contributed by atoms with Gasteiger partial charge in [0.15, 0.2) is 23.0 Å². The highest BCUT2D eigenvalue weighted by atomic mass is 16.5. The van der Waals surface area contributed by atoms with E-state index in [1.807, 2.05) is 41.3 Å². The van der Waals surface area contributed by atoms with Crippen molar-refractivity contribution < 1.29 is 28.8 Å². The van der Waals surface area contributed by atoms with Gasteiger partial charge in [-0.2, -0.15) is 0 Å². The molecule has 0 spiro atoms. The molecule has 0 aromatic heterocycles. The maximum absolute atomic E-state index is 12.1. The van der Waals surface area contributed by atoms with Crippen molar-refractivity contribution in [3.63, 3.8) is 0 Å². The molecule has 0 amide bonds. The first kappa shape index (κ1) is 21.8. The summed E-state index contributed by atoms with van der Waals surface area (Å²) in [5, 5.41) is 9.92. The molecular weight excluding hydrogens is 386 g/mol. The van der Waals surface area contributed by atoms with Gasteiger partial charge in [0, 0.05) is 5.56 Å². The van der Waals surface area contributed by atoms with E-state index in [0.717, 1.165) is 24.0 Å². The summed E-state index contributed by atoms with van der Waals surface area (Å²) in [5.74, 6) is 1.58. The van der Waals surface area contributed by atoms with Crippen LogP contribution in [-0.2, 0) is 4.79 Å². The number of aliphatic carboxylic acids is 1. The lowest BCUT2D eigenvalue weighted by Crippen LogP contribution is -2.46. The lowest BCUT2D eigenvalue weighted by molar-refractivity contribution is -0.145. The number of rotatable bonds is 8. The molecule has 1 aliphatic rings. The first-order valence-corrected chi connectivity index (χ1v) is 9.97. The molecule has 7 heteroatoms. The Hall–Kier alpha value is -2.93. The Balaban J connectivity index is 2.21. The number of ether oxygens (including phenoxy) is 4. The number of likely N-dealkylation sites (tertiary alicyclic amines) is 1. The molecule has 7 nitrogen and oxygen atoms in total. The fourth-order valence-electron chi connectivity index (χ4n) is 4.23. The van der Waals surface area contributed by atoms with Gasteiger partial charge in [-0.05, 0) is 43.1 Å². The van der Waals surface area contributed by atoms with E-state index in [4.69, 9.17) is 18.9 Å². The van der Waals surface area contributed by atoms with E-state index in [1.165, 1.54) is 0 Å². The maximum atomic E-state index is 12.1. The maximum Gasteiger partial charge on any atom is 0.320 e. The molecule has 1 heterocycles. The molecule has 1 aliphatic heterocycles. The van der Waals surface area contributed by atoms with E-state index >= 15 is 0 Å². The molecule has 1 fully saturated rings. The molecule has 2 aromatic carbocycles. The quantitative estimate of drug-likeness (QED) is 0.704. The Morgan fingerprint density at radius 2 is 1.70 bits per heavy atom. The summed E-state index contributed by atoms with van der Waals surface area (Å²) in [6.07, 6.45) is 2.42. The first-order valence-electron chi connectivity index (χ1n) is 9.97. The van der Waals surface area contributed by atoms with Crippen molar-refractivity contribution in [2.75, 3.05) is 35.0 Å². The third-order valence-electron chi connectivity index (χ3n) is 5.61. The van der Waals surface area contributed by atoms with Gasteiger partial charge in [-0.3, -0.25) is 9.69 Å². The van der Waals surface area contributed by atoms with Crippen molar-refractivity contribution in [1.82, 2.24) is 4.90 Å². The van der Waals surface area contributed by atoms with Crippen LogP contribution in [0.4, 0.5) is 0 Å². The molecule has 0 radical (unpaired) electrons. The molecule has 0 saturated carbocycles. The average Bonchev–Trinajstić information content (AvgIpc) is 2.79. The molecule has 0 aliphatic carbocycles. The third kappa shape index (κ3) is 4.16. The van der Waals surface area contributed by atoms with Crippen molar-refractivity contribution in [2.24, 2.45) is 0 Å². The standard InChI is InChI=1S/C23H29NO6/c1-27-18-12-11-15(14-20(18)29-3)21(24-13-6-5-9-17(24)23(25)26)16-8-7-10-19(28-2)22(16)30-4/h7-8,10-12,14,17,21H,5-6,9,13H2,1-4H3,(H,25,26). The van der Waals surface area contributed by atoms with Gasteiger partial charge in [-0.15, -0.1) is 0 Å². The summed E-state index contributed by atoms with van der Waals surface area (Å²) in [6.45, 7) is 0.663. The van der Waals surface area contributed by atoms with Gasteiger partial charge in [-0.25, -0.2) is 0 Å². The predicted octanol–water partition coefficient (Wildman–Crippen LogP) is 3.75. The van der Waals surface area contributed by atoms with Gasteiger partial charge in [0.05, 0.1) is 34.5 Å². The minimum atomic E-state index is -0.818. The summed E-state index contributed by atoms with van der Waals surface area (Å²) in [7, 11) is 6.36. The molecule has 30 heavy (non-hydrogen) atoms. The molecule has 2 aromatic rings. The largest absolute Gasteiger partial charge is 0.493 e. The Morgan fingerprint density at radius 3 is 2.33 bits per heavy atom. The second-order valence-electron chi connectivity index (χ2n) is 7.19. The van der Waals surface area contributed by atoms with Gasteiger partial charge in [0.25, 0.3) is 0 Å². The van der Waals surface area contributed by atoms with Crippen molar-refractivity contribution in [3.05, 3.63) is 47.5 Å². The number of benzene rings is 2. The zero-order valence-electron chi connectivity index (χ0n) is 17.9. The number of carbonyl (C=O) groups is 1. The number of para-hydroxylation sites is 1. The smallest absolute Gasteiger partial charge is 0.320 e. The van der Waals surface area contributed by atoms with Crippen molar-refractivity contribution in [3.8, 4) is 23.0 Å². The van der Waals surface area contributed by atoms with Gasteiger partial charge < -0.3 is 24.1 Å². The molecule has 2 unspecified atom stereocenters. The molecule has 0 bridgehead atoms. The second kappa shape index (κ2) is 9.71. The lowest BCUT2D eigenvalue weighted by atomic mass is 9.90. The van der Waals surface area contributed by atoms with Crippen molar-refractivity contribution >= 4 is 5.97 Å². The second-order valence-corrected chi connectivity index (χ2v) is 7.19. The van der Waals surface area contributed by atoms with Crippen LogP contribution in [-0.4, -0.2) is 57.0 Å². The molecule has 2 atom stereocenters. The summed E-state index contributed by atoms with van der Waals surface area (Å²) < 4.78 is 22.1. The summed E-state index contributed by atoms with van der Waals surface area (Å²) in [4.78, 5) is 14.1. The van der Waals surface area contributed by atoms with E-state index < -0.39 is 12.0 Å². The van der Waals surface area contributed by atoms with Crippen LogP contribution in [0, 0.1) is 0 Å². The van der Waals surface area contributed by atoms with Gasteiger partial charge in [0.1, 0.15) is 6.04 Å². The van der Waals surface area contributed by atoms with Crippen LogP contribution < -0.4 is 18.9 Å². The zero-order valence-corrected chi connectivity index (χ0v) is 17.9. The summed E-state index contributed by atoms with van der Waals surface area (Å²) in [6, 6.07) is 10.4. The van der Waals surface area contributed by atoms with Crippen molar-refractivity contribution in [2.45, 2.75) is 31.3 Å². The van der Waals surface area contributed by atoms with Crippen LogP contribution in [0.2, 0.25) is 0 Å². The SMILES string of the molecule is COc1ccc(C(c2cccc(OC)c2OC)N2CCCCC2C(=O)O)cc1OC. The number of hydrogen-bond acceptors (Lipinski definition) is 6. The van der Waals surface area contributed by atoms with Crippen LogP contribution in [0.25, 0.3) is 0 Å². The number of methoxy groups -OCH3 is 4. The van der Waals surface area contributed by atoms with Crippen molar-refractivity contribution in [1.29, 1.82) is 0 Å². The fraction of sp³-hybridized carbons (Fsp3) is 0.435. The highest BCUT2D eigenvalue weighted by molar-refractivity contribution is 5.74. The van der Waals surface area contributed by atoms with E-state index in [1.54, 1.807) is 28.4 Å². The van der Waals surface area contributed by atoms with E-state index in [-0.39, 0.29) is 6.04 Å². The minimum absolute atomic E-state index is 0.351. The number of carboxylic acid groups (broad SMARTS) is 1. The zero-order chi connectivity index (χ0) is 21.7. The van der Waals surface area contributed by atoms with E-state index in [9.17, 15) is 9.90 Å². The van der Waals surface area contributed by atoms with E-state index in [0.29, 0.717) is 36.0 Å². The fourth-order valence-corrected chi connectivity index (χ4v) is 4.23. The Bertz CT molecular complexity index is 884. The monoisotopic (exact) mass is 415 g/mol. The average molecular weight is 415 g/mol. The first-order chi connectivity index (χ1) is 14.5. The van der Waals surface area contributed by atoms with Gasteiger partial charge >= 0.3 is 5.97 Å². The number of nitrogens with zero attached hydrogens (tertiary/aromatic N) is 1. The van der Waals surface area contributed by atoms with Crippen LogP contribution in [0.3, 0.4) is 0 Å². The Kier molecular flexibility index (Phi) is 7.05. The number of piperidine rings is 1. The van der Waals surface area contributed by atoms with Crippen LogP contribution >= 0.6 is 0 Å². The third-order valence-corrected chi connectivity index (χ3v) is 5.61. The molecular formula is C23H29NO6. The molecule has 3 rings (SSSR count).